The molecule has 0 aromatic heterocycles. The van der Waals surface area contributed by atoms with E-state index in [4.69, 9.17) is 5.21 Å². The number of nitrogens with one attached hydrogen (secondary N) is 1. The van der Waals surface area contributed by atoms with Crippen LogP contribution in [0.5, 0.6) is 0 Å². The quantitative estimate of drug-likeness (QED) is 0.617. The number of carbonyl (C=O) groups is 2. The second kappa shape index (κ2) is 8.64. The predicted molar refractivity (Wildman–Crippen MR) is 86.8 cm³/mol. The van der Waals surface area contributed by atoms with Crippen molar-refractivity contribution in [1.29, 1.82) is 0 Å². The van der Waals surface area contributed by atoms with Crippen LogP contribution in [0, 0.1) is 0 Å². The van der Waals surface area contributed by atoms with E-state index in [1.807, 2.05) is 40.1 Å². The van der Waals surface area contributed by atoms with Crippen LogP contribution in [0.15, 0.2) is 30.3 Å². The number of unbranched alkanes of at least 4 members (excludes halogenated alkanes) is 1. The van der Waals surface area contributed by atoms with E-state index in [9.17, 15) is 9.59 Å². The molecule has 6 heteroatoms. The van der Waals surface area contributed by atoms with Gasteiger partial charge in [0, 0.05) is 32.6 Å². The van der Waals surface area contributed by atoms with Crippen molar-refractivity contribution in [3.63, 3.8) is 0 Å². The van der Waals surface area contributed by atoms with Gasteiger partial charge in [-0.1, -0.05) is 43.7 Å². The molecule has 0 saturated carbocycles. The van der Waals surface area contributed by atoms with Gasteiger partial charge >= 0.3 is 0 Å². The zero-order valence-corrected chi connectivity index (χ0v) is 13.6. The van der Waals surface area contributed by atoms with Crippen LogP contribution in [0.3, 0.4) is 0 Å². The molecule has 1 fully saturated rings. The minimum absolute atomic E-state index is 0.189. The number of piperazine rings is 1. The number of hydrogen-bond donors (Lipinski definition) is 2. The van der Waals surface area contributed by atoms with Gasteiger partial charge in [-0.05, 0) is 12.0 Å². The van der Waals surface area contributed by atoms with Crippen molar-refractivity contribution in [2.24, 2.45) is 0 Å². The van der Waals surface area contributed by atoms with Gasteiger partial charge < -0.3 is 4.90 Å². The standard InChI is InChI=1S/C17H25N3O3/c1-2-3-9-15(21)19-10-12-20(13-11-19)16(17(22)18-23)14-7-5-4-6-8-14/h4-8,16,23H,2-3,9-13H2,1H3,(H,18,22). The molecule has 1 unspecified atom stereocenters. The van der Waals surface area contributed by atoms with Crippen LogP contribution in [0.2, 0.25) is 0 Å². The van der Waals surface area contributed by atoms with Gasteiger partial charge in [-0.15, -0.1) is 0 Å². The molecule has 1 heterocycles. The van der Waals surface area contributed by atoms with Gasteiger partial charge in [-0.2, -0.15) is 0 Å². The van der Waals surface area contributed by atoms with Crippen molar-refractivity contribution >= 4 is 11.8 Å². The average molecular weight is 319 g/mol. The molecule has 1 atom stereocenters. The molecule has 126 valence electrons. The van der Waals surface area contributed by atoms with Gasteiger partial charge in [-0.25, -0.2) is 5.48 Å². The van der Waals surface area contributed by atoms with E-state index in [0.717, 1.165) is 18.4 Å². The Kier molecular flexibility index (Phi) is 6.55. The Bertz CT molecular complexity index is 513. The third-order valence-electron chi connectivity index (χ3n) is 4.25. The van der Waals surface area contributed by atoms with Crippen molar-refractivity contribution in [2.45, 2.75) is 32.2 Å². The first-order valence-corrected chi connectivity index (χ1v) is 8.18. The summed E-state index contributed by atoms with van der Waals surface area (Å²) in [6, 6.07) is 8.85. The van der Waals surface area contributed by atoms with Gasteiger partial charge in [0.2, 0.25) is 5.91 Å². The number of hydrogen-bond acceptors (Lipinski definition) is 4. The van der Waals surface area contributed by atoms with Crippen LogP contribution in [0.4, 0.5) is 0 Å². The first kappa shape index (κ1) is 17.4. The van der Waals surface area contributed by atoms with E-state index in [1.165, 1.54) is 0 Å². The second-order valence-electron chi connectivity index (χ2n) is 5.81. The summed E-state index contributed by atoms with van der Waals surface area (Å²) in [4.78, 5) is 28.0. The first-order chi connectivity index (χ1) is 11.2. The smallest absolute Gasteiger partial charge is 0.265 e. The highest BCUT2D eigenvalue weighted by molar-refractivity contribution is 5.82. The summed E-state index contributed by atoms with van der Waals surface area (Å²) in [5, 5.41) is 9.04. The van der Waals surface area contributed by atoms with Gasteiger partial charge in [0.05, 0.1) is 0 Å². The van der Waals surface area contributed by atoms with Gasteiger partial charge in [0.1, 0.15) is 6.04 Å². The zero-order valence-electron chi connectivity index (χ0n) is 13.6. The van der Waals surface area contributed by atoms with Crippen LogP contribution in [0.1, 0.15) is 37.8 Å². The Morgan fingerprint density at radius 2 is 1.83 bits per heavy atom. The molecule has 0 bridgehead atoms. The highest BCUT2D eigenvalue weighted by Crippen LogP contribution is 2.22. The maximum absolute atomic E-state index is 12.1. The molecule has 1 aliphatic heterocycles. The lowest BCUT2D eigenvalue weighted by molar-refractivity contribution is -0.138. The normalized spacial score (nSPS) is 16.9. The summed E-state index contributed by atoms with van der Waals surface area (Å²) in [7, 11) is 0. The molecule has 0 aliphatic carbocycles. The lowest BCUT2D eigenvalue weighted by atomic mass is 10.0. The molecule has 1 aromatic rings. The maximum atomic E-state index is 12.1. The number of rotatable bonds is 6. The van der Waals surface area contributed by atoms with E-state index in [2.05, 4.69) is 6.92 Å². The average Bonchev–Trinajstić information content (AvgIpc) is 2.61. The Balaban J connectivity index is 2.00. The highest BCUT2D eigenvalue weighted by Gasteiger charge is 2.31. The SMILES string of the molecule is CCCCC(=O)N1CCN(C(C(=O)NO)c2ccccc2)CC1. The minimum Gasteiger partial charge on any atom is -0.340 e. The third kappa shape index (κ3) is 4.53. The van der Waals surface area contributed by atoms with Crippen LogP contribution >= 0.6 is 0 Å². The second-order valence-corrected chi connectivity index (χ2v) is 5.81. The molecule has 1 aromatic carbocycles. The number of nitrogens with zero attached hydrogens (tertiary/aromatic N) is 2. The zero-order chi connectivity index (χ0) is 16.7. The lowest BCUT2D eigenvalue weighted by Crippen LogP contribution is -2.52. The van der Waals surface area contributed by atoms with E-state index in [1.54, 1.807) is 5.48 Å². The van der Waals surface area contributed by atoms with Crippen molar-refractivity contribution in [2.75, 3.05) is 26.2 Å². The number of benzene rings is 1. The molecule has 1 aliphatic rings. The van der Waals surface area contributed by atoms with E-state index >= 15 is 0 Å². The molecule has 0 spiro atoms. The molecule has 2 N–H and O–H groups in total. The molecule has 6 nitrogen and oxygen atoms in total. The van der Waals surface area contributed by atoms with E-state index < -0.39 is 11.9 Å². The molecular formula is C17H25N3O3. The molecule has 2 rings (SSSR count). The van der Waals surface area contributed by atoms with Crippen molar-refractivity contribution in [3.8, 4) is 0 Å². The lowest BCUT2D eigenvalue weighted by Gasteiger charge is -2.38. The van der Waals surface area contributed by atoms with Crippen molar-refractivity contribution < 1.29 is 14.8 Å². The van der Waals surface area contributed by atoms with Gasteiger partial charge in [0.15, 0.2) is 0 Å². The Labute approximate surface area is 137 Å². The summed E-state index contributed by atoms with van der Waals surface area (Å²) >= 11 is 0. The first-order valence-electron chi connectivity index (χ1n) is 8.18. The van der Waals surface area contributed by atoms with Crippen molar-refractivity contribution in [1.82, 2.24) is 15.3 Å². The van der Waals surface area contributed by atoms with Gasteiger partial charge in [-0.3, -0.25) is 19.7 Å². The largest absolute Gasteiger partial charge is 0.340 e. The van der Waals surface area contributed by atoms with Gasteiger partial charge in [0.25, 0.3) is 5.91 Å². The fourth-order valence-corrected chi connectivity index (χ4v) is 2.94. The topological polar surface area (TPSA) is 72.9 Å². The predicted octanol–water partition coefficient (Wildman–Crippen LogP) is 1.57. The van der Waals surface area contributed by atoms with Crippen molar-refractivity contribution in [3.05, 3.63) is 35.9 Å². The maximum Gasteiger partial charge on any atom is 0.265 e. The fourth-order valence-electron chi connectivity index (χ4n) is 2.94. The minimum atomic E-state index is -0.533. The number of carbonyl (C=O) groups excluding carboxylic acids is 2. The molecular weight excluding hydrogens is 294 g/mol. The summed E-state index contributed by atoms with van der Waals surface area (Å²) in [6.45, 7) is 4.54. The van der Waals surface area contributed by atoms with Crippen LogP contribution < -0.4 is 5.48 Å². The molecule has 1 saturated heterocycles. The fraction of sp³-hybridized carbons (Fsp3) is 0.529. The summed E-state index contributed by atoms with van der Waals surface area (Å²) in [6.07, 6.45) is 2.52. The number of amides is 2. The Hall–Kier alpha value is -1.92. The highest BCUT2D eigenvalue weighted by atomic mass is 16.5. The summed E-state index contributed by atoms with van der Waals surface area (Å²) in [5.41, 5.74) is 2.60. The molecule has 2 amide bonds. The summed E-state index contributed by atoms with van der Waals surface area (Å²) in [5.74, 6) is -0.253. The van der Waals surface area contributed by atoms with Crippen LogP contribution in [-0.2, 0) is 9.59 Å². The Morgan fingerprint density at radius 3 is 2.39 bits per heavy atom. The van der Waals surface area contributed by atoms with Crippen LogP contribution in [0.25, 0.3) is 0 Å². The number of hydroxylamine groups is 1. The molecule has 0 radical (unpaired) electrons. The van der Waals surface area contributed by atoms with E-state index in [0.29, 0.717) is 32.6 Å². The molecule has 23 heavy (non-hydrogen) atoms. The summed E-state index contributed by atoms with van der Waals surface area (Å²) < 4.78 is 0. The van der Waals surface area contributed by atoms with Crippen LogP contribution in [-0.4, -0.2) is 53.0 Å². The monoisotopic (exact) mass is 319 g/mol. The Morgan fingerprint density at radius 1 is 1.17 bits per heavy atom. The van der Waals surface area contributed by atoms with E-state index in [-0.39, 0.29) is 5.91 Å². The third-order valence-corrected chi connectivity index (χ3v) is 4.25.